The Morgan fingerprint density at radius 1 is 1.53 bits per heavy atom. The molecule has 2 rings (SSSR count). The predicted octanol–water partition coefficient (Wildman–Crippen LogP) is 2.65. The average Bonchev–Trinajstić information content (AvgIpc) is 2.75. The Morgan fingerprint density at radius 3 is 2.89 bits per heavy atom. The number of carbonyl (C=O) groups excluding carboxylic acids is 1. The van der Waals surface area contributed by atoms with E-state index in [0.717, 1.165) is 10.1 Å². The molecular formula is C13H12ClNO3Se. The number of nitrogens with zero attached hydrogens (tertiary/aromatic N) is 1. The number of hydrogen-bond acceptors (Lipinski definition) is 4. The van der Waals surface area contributed by atoms with Gasteiger partial charge in [0, 0.05) is 0 Å². The predicted molar refractivity (Wildman–Crippen MR) is 74.0 cm³/mol. The number of aryl methyl sites for hydroxylation is 1. The van der Waals surface area contributed by atoms with Gasteiger partial charge in [-0.1, -0.05) is 0 Å². The van der Waals surface area contributed by atoms with Crippen molar-refractivity contribution in [3.8, 4) is 15.9 Å². The Labute approximate surface area is 121 Å². The molecule has 1 aromatic carbocycles. The van der Waals surface area contributed by atoms with Crippen molar-refractivity contribution in [1.29, 1.82) is 0 Å². The molecule has 0 saturated carbocycles. The van der Waals surface area contributed by atoms with Gasteiger partial charge in [-0.3, -0.25) is 0 Å². The molecule has 2 aromatic rings. The molecule has 1 N–H and O–H groups in total. The Morgan fingerprint density at radius 2 is 2.26 bits per heavy atom. The van der Waals surface area contributed by atoms with Crippen molar-refractivity contribution in [3.63, 3.8) is 0 Å². The number of benzene rings is 1. The van der Waals surface area contributed by atoms with E-state index in [2.05, 4.69) is 4.98 Å². The molecule has 0 bridgehead atoms. The maximum atomic E-state index is 11.7. The van der Waals surface area contributed by atoms with Gasteiger partial charge < -0.3 is 0 Å². The minimum atomic E-state index is -0.302. The van der Waals surface area contributed by atoms with E-state index in [1.54, 1.807) is 26.0 Å². The van der Waals surface area contributed by atoms with Crippen molar-refractivity contribution in [2.75, 3.05) is 6.61 Å². The van der Waals surface area contributed by atoms with E-state index >= 15 is 0 Å². The van der Waals surface area contributed by atoms with Gasteiger partial charge in [0.1, 0.15) is 0 Å². The topological polar surface area (TPSA) is 59.4 Å². The zero-order valence-electron chi connectivity index (χ0n) is 10.4. The number of phenols is 1. The van der Waals surface area contributed by atoms with Gasteiger partial charge in [-0.2, -0.15) is 0 Å². The molecule has 4 nitrogen and oxygen atoms in total. The normalized spacial score (nSPS) is 10.5. The number of aromatic nitrogens is 1. The Kier molecular flexibility index (Phi) is 4.30. The van der Waals surface area contributed by atoms with Gasteiger partial charge in [-0.25, -0.2) is 0 Å². The summed E-state index contributed by atoms with van der Waals surface area (Å²) in [4.78, 5) is 16.1. The third kappa shape index (κ3) is 3.00. The van der Waals surface area contributed by atoms with Crippen LogP contribution in [0.15, 0.2) is 18.2 Å². The maximum absolute atomic E-state index is 11.7. The van der Waals surface area contributed by atoms with Crippen LogP contribution >= 0.6 is 11.6 Å². The molecule has 19 heavy (non-hydrogen) atoms. The number of ether oxygens (including phenoxy) is 1. The molecule has 0 amide bonds. The van der Waals surface area contributed by atoms with Crippen molar-refractivity contribution in [2.24, 2.45) is 0 Å². The zero-order chi connectivity index (χ0) is 14.0. The minimum absolute atomic E-state index is 0.0341. The molecule has 0 aliphatic carbocycles. The van der Waals surface area contributed by atoms with Crippen LogP contribution in [-0.4, -0.2) is 37.2 Å². The van der Waals surface area contributed by atoms with Gasteiger partial charge in [0.25, 0.3) is 0 Å². The fraction of sp³-hybridized carbons (Fsp3) is 0.231. The fourth-order valence-corrected chi connectivity index (χ4v) is 3.73. The molecule has 0 fully saturated rings. The standard InChI is InChI=1S/C13H12ClNO3Se/c1-3-18-13(17)11-7(2)15-12(19-11)8-4-5-10(16)9(14)6-8/h4-6,16H,3H2,1-2H3. The van der Waals surface area contributed by atoms with E-state index in [-0.39, 0.29) is 31.2 Å². The summed E-state index contributed by atoms with van der Waals surface area (Å²) >= 11 is 5.68. The van der Waals surface area contributed by atoms with Gasteiger partial charge in [-0.15, -0.1) is 0 Å². The number of rotatable bonds is 3. The summed E-state index contributed by atoms with van der Waals surface area (Å²) in [5, 5.41) is 9.67. The van der Waals surface area contributed by atoms with Crippen LogP contribution in [0.2, 0.25) is 5.02 Å². The van der Waals surface area contributed by atoms with Crippen LogP contribution in [0, 0.1) is 6.92 Å². The van der Waals surface area contributed by atoms with Crippen molar-refractivity contribution in [1.82, 2.24) is 4.98 Å². The summed E-state index contributed by atoms with van der Waals surface area (Å²) in [7, 11) is 0. The molecule has 1 heterocycles. The van der Waals surface area contributed by atoms with Gasteiger partial charge in [0.05, 0.1) is 0 Å². The molecule has 100 valence electrons. The van der Waals surface area contributed by atoms with E-state index < -0.39 is 0 Å². The molecule has 0 radical (unpaired) electrons. The molecule has 0 atom stereocenters. The first kappa shape index (κ1) is 14.1. The molecule has 0 unspecified atom stereocenters. The molecular weight excluding hydrogens is 333 g/mol. The number of hydrogen-bond donors (Lipinski definition) is 1. The van der Waals surface area contributed by atoms with Crippen molar-refractivity contribution in [2.45, 2.75) is 13.8 Å². The van der Waals surface area contributed by atoms with Crippen molar-refractivity contribution in [3.05, 3.63) is 33.4 Å². The summed E-state index contributed by atoms with van der Waals surface area (Å²) in [6, 6.07) is 4.91. The van der Waals surface area contributed by atoms with E-state index in [9.17, 15) is 9.90 Å². The zero-order valence-corrected chi connectivity index (χ0v) is 12.9. The fourth-order valence-electron chi connectivity index (χ4n) is 1.55. The van der Waals surface area contributed by atoms with E-state index in [4.69, 9.17) is 16.3 Å². The second-order valence-electron chi connectivity index (χ2n) is 3.82. The van der Waals surface area contributed by atoms with Crippen molar-refractivity contribution >= 4 is 32.1 Å². The number of halogens is 1. The summed E-state index contributed by atoms with van der Waals surface area (Å²) < 4.78 is 6.45. The first-order chi connectivity index (χ1) is 9.02. The molecule has 0 aliphatic rings. The van der Waals surface area contributed by atoms with E-state index in [1.165, 1.54) is 6.07 Å². The Hall–Kier alpha value is -1.29. The van der Waals surface area contributed by atoms with Gasteiger partial charge >= 0.3 is 121 Å². The Balaban J connectivity index is 2.38. The summed E-state index contributed by atoms with van der Waals surface area (Å²) in [5.74, 6) is -0.268. The van der Waals surface area contributed by atoms with E-state index in [0.29, 0.717) is 16.7 Å². The van der Waals surface area contributed by atoms with Crippen molar-refractivity contribution < 1.29 is 14.6 Å². The quantitative estimate of drug-likeness (QED) is 0.687. The molecule has 0 spiro atoms. The number of aromatic hydroxyl groups is 1. The second kappa shape index (κ2) is 5.78. The second-order valence-corrected chi connectivity index (χ2v) is 6.32. The molecule has 0 aliphatic heterocycles. The summed E-state index contributed by atoms with van der Waals surface area (Å²) in [5.41, 5.74) is 1.51. The summed E-state index contributed by atoms with van der Waals surface area (Å²) in [6.07, 6.45) is 0. The van der Waals surface area contributed by atoms with Crippen LogP contribution < -0.4 is 0 Å². The molecule has 6 heteroatoms. The van der Waals surface area contributed by atoms with Crippen LogP contribution in [-0.2, 0) is 4.74 Å². The third-order valence-electron chi connectivity index (χ3n) is 2.45. The van der Waals surface area contributed by atoms with Gasteiger partial charge in [0.15, 0.2) is 0 Å². The molecule has 1 aromatic heterocycles. The van der Waals surface area contributed by atoms with Crippen LogP contribution in [0.5, 0.6) is 5.75 Å². The molecule has 0 saturated heterocycles. The number of esters is 1. The summed E-state index contributed by atoms with van der Waals surface area (Å²) in [6.45, 7) is 3.92. The Bertz CT molecular complexity index is 624. The third-order valence-corrected chi connectivity index (χ3v) is 5.24. The van der Waals surface area contributed by atoms with Crippen LogP contribution in [0.3, 0.4) is 0 Å². The average molecular weight is 345 g/mol. The van der Waals surface area contributed by atoms with Gasteiger partial charge in [-0.05, 0) is 0 Å². The number of carbonyl (C=O) groups is 1. The van der Waals surface area contributed by atoms with Gasteiger partial charge in [0.2, 0.25) is 0 Å². The SMILES string of the molecule is CCOC(=O)c1[se]c(-c2ccc(O)c(Cl)c2)nc1C. The first-order valence-electron chi connectivity index (χ1n) is 5.66. The first-order valence-corrected chi connectivity index (χ1v) is 7.75. The van der Waals surface area contributed by atoms with Crippen LogP contribution in [0.4, 0.5) is 0 Å². The number of phenolic OH excluding ortho intramolecular Hbond substituents is 1. The van der Waals surface area contributed by atoms with Crippen LogP contribution in [0.1, 0.15) is 21.8 Å². The van der Waals surface area contributed by atoms with E-state index in [1.807, 2.05) is 0 Å². The van der Waals surface area contributed by atoms with Crippen LogP contribution in [0.25, 0.3) is 10.1 Å². The monoisotopic (exact) mass is 345 g/mol.